The van der Waals surface area contributed by atoms with Crippen LogP contribution < -0.4 is 10.2 Å². The molecule has 6 heteroatoms. The minimum absolute atomic E-state index is 0.708. The maximum absolute atomic E-state index is 6.10. The Morgan fingerprint density at radius 1 is 0.879 bits per heavy atom. The molecule has 170 valence electrons. The Kier molecular flexibility index (Phi) is 7.76. The second-order valence-electron chi connectivity index (χ2n) is 8.28. The van der Waals surface area contributed by atoms with Crippen molar-refractivity contribution in [1.29, 1.82) is 0 Å². The molecule has 0 aliphatic carbocycles. The van der Waals surface area contributed by atoms with Gasteiger partial charge in [-0.1, -0.05) is 35.4 Å². The Morgan fingerprint density at radius 2 is 1.73 bits per heavy atom. The van der Waals surface area contributed by atoms with Gasteiger partial charge in [0, 0.05) is 53.8 Å². The molecule has 2 heterocycles. The van der Waals surface area contributed by atoms with E-state index in [1.54, 1.807) is 0 Å². The van der Waals surface area contributed by atoms with Crippen LogP contribution >= 0.6 is 11.6 Å². The largest absolute Gasteiger partial charge is 0.384 e. The standard InChI is InChI=1S/C27H30ClN5/c1-21-7-10-23(11-8-21)33(27-6-3-4-14-31-27)19-18-32(2)17-5-15-29-25-13-16-30-26-20-22(28)9-12-24(25)26/h3-4,6-14,16,20H,5,15,17-19H2,1-2H3,(H,29,30). The monoisotopic (exact) mass is 459 g/mol. The molecule has 0 unspecified atom stereocenters. The molecule has 0 fully saturated rings. The zero-order valence-electron chi connectivity index (χ0n) is 19.2. The van der Waals surface area contributed by atoms with Crippen LogP contribution in [0.2, 0.25) is 5.02 Å². The van der Waals surface area contributed by atoms with Crippen molar-refractivity contribution in [3.63, 3.8) is 0 Å². The number of nitrogens with one attached hydrogen (secondary N) is 1. The number of pyridine rings is 2. The van der Waals surface area contributed by atoms with Crippen LogP contribution in [0, 0.1) is 6.92 Å². The van der Waals surface area contributed by atoms with E-state index in [0.29, 0.717) is 5.02 Å². The fourth-order valence-corrected chi connectivity index (χ4v) is 4.01. The summed E-state index contributed by atoms with van der Waals surface area (Å²) in [6.45, 7) is 5.83. The van der Waals surface area contributed by atoms with E-state index in [9.17, 15) is 0 Å². The average molecular weight is 460 g/mol. The molecule has 4 rings (SSSR count). The van der Waals surface area contributed by atoms with Crippen LogP contribution in [0.1, 0.15) is 12.0 Å². The van der Waals surface area contributed by atoms with Gasteiger partial charge in [0.15, 0.2) is 0 Å². The van der Waals surface area contributed by atoms with Crippen LogP contribution in [0.25, 0.3) is 10.9 Å². The normalized spacial score (nSPS) is 11.2. The first-order valence-electron chi connectivity index (χ1n) is 11.3. The van der Waals surface area contributed by atoms with Crippen LogP contribution in [0.15, 0.2) is 79.1 Å². The van der Waals surface area contributed by atoms with Crippen LogP contribution in [0.5, 0.6) is 0 Å². The molecule has 0 aliphatic heterocycles. The van der Waals surface area contributed by atoms with Gasteiger partial charge in [-0.3, -0.25) is 4.98 Å². The van der Waals surface area contributed by atoms with Crippen LogP contribution in [0.3, 0.4) is 0 Å². The SMILES string of the molecule is Cc1ccc(N(CCN(C)CCCNc2ccnc3cc(Cl)ccc23)c2ccccn2)cc1. The predicted octanol–water partition coefficient (Wildman–Crippen LogP) is 6.16. The highest BCUT2D eigenvalue weighted by atomic mass is 35.5. The molecule has 5 nitrogen and oxygen atoms in total. The van der Waals surface area contributed by atoms with Gasteiger partial charge in [0.1, 0.15) is 5.82 Å². The maximum atomic E-state index is 6.10. The smallest absolute Gasteiger partial charge is 0.132 e. The molecule has 0 aliphatic rings. The third kappa shape index (κ3) is 6.21. The number of fused-ring (bicyclic) bond motifs is 1. The van der Waals surface area contributed by atoms with Crippen molar-refractivity contribution < 1.29 is 0 Å². The Balaban J connectivity index is 1.30. The molecule has 0 spiro atoms. The number of nitrogens with zero attached hydrogens (tertiary/aromatic N) is 4. The lowest BCUT2D eigenvalue weighted by atomic mass is 10.2. The van der Waals surface area contributed by atoms with Gasteiger partial charge in [-0.05, 0) is 75.5 Å². The summed E-state index contributed by atoms with van der Waals surface area (Å²) in [5.41, 5.74) is 4.43. The van der Waals surface area contributed by atoms with Crippen molar-refractivity contribution in [1.82, 2.24) is 14.9 Å². The van der Waals surface area contributed by atoms with Gasteiger partial charge in [0.25, 0.3) is 0 Å². The molecular weight excluding hydrogens is 430 g/mol. The quantitative estimate of drug-likeness (QED) is 0.287. The number of anilines is 3. The summed E-state index contributed by atoms with van der Waals surface area (Å²) in [6.07, 6.45) is 4.72. The van der Waals surface area contributed by atoms with E-state index in [2.05, 4.69) is 69.4 Å². The Labute approximate surface area is 201 Å². The second kappa shape index (κ2) is 11.1. The van der Waals surface area contributed by atoms with Gasteiger partial charge in [-0.2, -0.15) is 0 Å². The summed E-state index contributed by atoms with van der Waals surface area (Å²) in [7, 11) is 2.18. The number of hydrogen-bond acceptors (Lipinski definition) is 5. The van der Waals surface area contributed by atoms with Gasteiger partial charge >= 0.3 is 0 Å². The van der Waals surface area contributed by atoms with Gasteiger partial charge < -0.3 is 15.1 Å². The molecule has 0 bridgehead atoms. The first-order chi connectivity index (χ1) is 16.1. The number of aryl methyl sites for hydroxylation is 1. The van der Waals surface area contributed by atoms with E-state index in [0.717, 1.165) is 55.0 Å². The molecule has 33 heavy (non-hydrogen) atoms. The Bertz CT molecular complexity index is 1160. The summed E-state index contributed by atoms with van der Waals surface area (Å²) in [6, 6.07) is 22.5. The van der Waals surface area contributed by atoms with Gasteiger partial charge in [0.2, 0.25) is 0 Å². The topological polar surface area (TPSA) is 44.3 Å². The van der Waals surface area contributed by atoms with Crippen LogP contribution in [0.4, 0.5) is 17.2 Å². The van der Waals surface area contributed by atoms with E-state index in [-0.39, 0.29) is 0 Å². The van der Waals surface area contributed by atoms with Crippen molar-refractivity contribution in [3.05, 3.63) is 89.7 Å². The zero-order chi connectivity index (χ0) is 23.0. The Morgan fingerprint density at radius 3 is 2.52 bits per heavy atom. The first-order valence-corrected chi connectivity index (χ1v) is 11.7. The highest BCUT2D eigenvalue weighted by Gasteiger charge is 2.11. The van der Waals surface area contributed by atoms with Gasteiger partial charge in [-0.15, -0.1) is 0 Å². The zero-order valence-corrected chi connectivity index (χ0v) is 20.0. The van der Waals surface area contributed by atoms with Crippen molar-refractivity contribution in [2.45, 2.75) is 13.3 Å². The summed E-state index contributed by atoms with van der Waals surface area (Å²) in [4.78, 5) is 13.6. The Hall–Kier alpha value is -3.15. The third-order valence-corrected chi connectivity index (χ3v) is 5.95. The minimum atomic E-state index is 0.708. The summed E-state index contributed by atoms with van der Waals surface area (Å²) >= 11 is 6.10. The van der Waals surface area contributed by atoms with E-state index in [4.69, 9.17) is 11.6 Å². The van der Waals surface area contributed by atoms with Crippen molar-refractivity contribution in [2.75, 3.05) is 43.4 Å². The van der Waals surface area contributed by atoms with Crippen molar-refractivity contribution in [2.24, 2.45) is 0 Å². The molecule has 0 atom stereocenters. The molecule has 2 aromatic carbocycles. The number of hydrogen-bond donors (Lipinski definition) is 1. The lowest BCUT2D eigenvalue weighted by molar-refractivity contribution is 0.341. The predicted molar refractivity (Wildman–Crippen MR) is 140 cm³/mol. The van der Waals surface area contributed by atoms with Gasteiger partial charge in [-0.25, -0.2) is 4.98 Å². The minimum Gasteiger partial charge on any atom is -0.384 e. The lowest BCUT2D eigenvalue weighted by Crippen LogP contribution is -2.32. The van der Waals surface area contributed by atoms with Crippen LogP contribution in [-0.2, 0) is 0 Å². The third-order valence-electron chi connectivity index (χ3n) is 5.71. The fourth-order valence-electron chi connectivity index (χ4n) is 3.84. The van der Waals surface area contributed by atoms with Crippen LogP contribution in [-0.4, -0.2) is 48.1 Å². The molecule has 4 aromatic rings. The van der Waals surface area contributed by atoms with E-state index >= 15 is 0 Å². The molecule has 0 radical (unpaired) electrons. The van der Waals surface area contributed by atoms with E-state index in [1.165, 1.54) is 11.3 Å². The molecular formula is C27H30ClN5. The molecule has 0 amide bonds. The number of likely N-dealkylation sites (N-methyl/N-ethyl adjacent to an activating group) is 1. The number of aromatic nitrogens is 2. The number of benzene rings is 2. The summed E-state index contributed by atoms with van der Waals surface area (Å²) < 4.78 is 0. The fraction of sp³-hybridized carbons (Fsp3) is 0.259. The number of halogens is 1. The summed E-state index contributed by atoms with van der Waals surface area (Å²) in [5.74, 6) is 0.973. The molecule has 2 aromatic heterocycles. The lowest BCUT2D eigenvalue weighted by Gasteiger charge is -2.27. The average Bonchev–Trinajstić information content (AvgIpc) is 2.83. The second-order valence-corrected chi connectivity index (χ2v) is 8.72. The van der Waals surface area contributed by atoms with E-state index in [1.807, 2.05) is 48.8 Å². The highest BCUT2D eigenvalue weighted by molar-refractivity contribution is 6.31. The molecule has 1 N–H and O–H groups in total. The number of rotatable bonds is 10. The molecule has 0 saturated carbocycles. The van der Waals surface area contributed by atoms with Crippen molar-refractivity contribution in [3.8, 4) is 0 Å². The maximum Gasteiger partial charge on any atom is 0.132 e. The first kappa shape index (κ1) is 23.0. The summed E-state index contributed by atoms with van der Waals surface area (Å²) in [5, 5.41) is 5.36. The van der Waals surface area contributed by atoms with E-state index < -0.39 is 0 Å². The van der Waals surface area contributed by atoms with Crippen molar-refractivity contribution >= 4 is 39.7 Å². The molecule has 0 saturated heterocycles. The van der Waals surface area contributed by atoms with Gasteiger partial charge in [0.05, 0.1) is 5.52 Å². The highest BCUT2D eigenvalue weighted by Crippen LogP contribution is 2.25.